The Morgan fingerprint density at radius 3 is 2.12 bits per heavy atom. The summed E-state index contributed by atoms with van der Waals surface area (Å²) in [5.74, 6) is -0.207. The van der Waals surface area contributed by atoms with Crippen LogP contribution in [0.1, 0.15) is 5.56 Å². The predicted octanol–water partition coefficient (Wildman–Crippen LogP) is 2.32. The Balaban J connectivity index is 0.00000128. The number of rotatable bonds is 2. The molecule has 1 aromatic carbocycles. The van der Waals surface area contributed by atoms with Crippen LogP contribution in [0.3, 0.4) is 0 Å². The molecule has 16 heavy (non-hydrogen) atoms. The van der Waals surface area contributed by atoms with E-state index in [1.165, 1.54) is 12.1 Å². The molecular formula is C12H13BrFN2+. The molecule has 0 spiro atoms. The quantitative estimate of drug-likeness (QED) is 0.843. The van der Waals surface area contributed by atoms with E-state index in [0.29, 0.717) is 0 Å². The van der Waals surface area contributed by atoms with Crippen LogP contribution in [0, 0.1) is 5.82 Å². The number of hydrogen-bond acceptors (Lipinski definition) is 1. The third kappa shape index (κ3) is 3.31. The molecule has 0 radical (unpaired) electrons. The first-order chi connectivity index (χ1) is 7.24. The molecule has 0 aliphatic carbocycles. The number of anilines is 1. The monoisotopic (exact) mass is 283 g/mol. The summed E-state index contributed by atoms with van der Waals surface area (Å²) in [5, 5.41) is 0. The van der Waals surface area contributed by atoms with E-state index < -0.39 is 0 Å². The van der Waals surface area contributed by atoms with Crippen molar-refractivity contribution in [3.05, 3.63) is 60.2 Å². The molecule has 2 rings (SSSR count). The lowest BCUT2D eigenvalue weighted by atomic mass is 10.2. The van der Waals surface area contributed by atoms with Gasteiger partial charge in [0.2, 0.25) is 0 Å². The van der Waals surface area contributed by atoms with Crippen LogP contribution in [0.2, 0.25) is 0 Å². The van der Waals surface area contributed by atoms with E-state index in [9.17, 15) is 4.39 Å². The first-order valence-corrected chi connectivity index (χ1v) is 4.73. The Morgan fingerprint density at radius 1 is 1.00 bits per heavy atom. The molecule has 2 N–H and O–H groups in total. The number of pyridine rings is 1. The van der Waals surface area contributed by atoms with E-state index in [1.807, 2.05) is 29.1 Å². The summed E-state index contributed by atoms with van der Waals surface area (Å²) in [7, 11) is 0. The number of nitrogens with two attached hydrogens (primary N) is 1. The summed E-state index contributed by atoms with van der Waals surface area (Å²) >= 11 is 0. The van der Waals surface area contributed by atoms with Crippen molar-refractivity contribution in [2.75, 3.05) is 5.73 Å². The lowest BCUT2D eigenvalue weighted by Gasteiger charge is -1.97. The van der Waals surface area contributed by atoms with Crippen LogP contribution in [-0.2, 0) is 6.54 Å². The van der Waals surface area contributed by atoms with Crippen molar-refractivity contribution in [3.8, 4) is 0 Å². The molecule has 1 aromatic heterocycles. The van der Waals surface area contributed by atoms with E-state index in [-0.39, 0.29) is 22.8 Å². The lowest BCUT2D eigenvalue weighted by Crippen LogP contribution is -2.33. The molecule has 84 valence electrons. The fourth-order valence-corrected chi connectivity index (χ4v) is 1.37. The molecule has 0 saturated carbocycles. The molecule has 0 aliphatic heterocycles. The van der Waals surface area contributed by atoms with Crippen LogP contribution in [0.15, 0.2) is 48.8 Å². The lowest BCUT2D eigenvalue weighted by molar-refractivity contribution is -0.688. The fraction of sp³-hybridized carbons (Fsp3) is 0.0833. The molecule has 0 amide bonds. The van der Waals surface area contributed by atoms with Crippen molar-refractivity contribution in [2.45, 2.75) is 6.54 Å². The van der Waals surface area contributed by atoms with Crippen molar-refractivity contribution < 1.29 is 8.96 Å². The van der Waals surface area contributed by atoms with Gasteiger partial charge in [-0.25, -0.2) is 8.96 Å². The van der Waals surface area contributed by atoms with Gasteiger partial charge in [0.25, 0.3) is 0 Å². The maximum absolute atomic E-state index is 12.7. The third-order valence-corrected chi connectivity index (χ3v) is 2.20. The van der Waals surface area contributed by atoms with E-state index in [2.05, 4.69) is 0 Å². The number of aromatic nitrogens is 1. The second kappa shape index (κ2) is 5.61. The molecule has 0 saturated heterocycles. The van der Waals surface area contributed by atoms with Crippen molar-refractivity contribution in [2.24, 2.45) is 0 Å². The number of hydrogen-bond donors (Lipinski definition) is 1. The van der Waals surface area contributed by atoms with E-state index in [0.717, 1.165) is 17.8 Å². The highest BCUT2D eigenvalue weighted by Crippen LogP contribution is 2.02. The molecule has 0 aliphatic rings. The molecule has 0 atom stereocenters. The second-order valence-electron chi connectivity index (χ2n) is 3.43. The average Bonchev–Trinajstić information content (AvgIpc) is 2.25. The van der Waals surface area contributed by atoms with Gasteiger partial charge in [-0.1, -0.05) is 0 Å². The molecule has 0 bridgehead atoms. The minimum Gasteiger partial charge on any atom is -0.398 e. The van der Waals surface area contributed by atoms with Gasteiger partial charge in [0, 0.05) is 23.4 Å². The van der Waals surface area contributed by atoms with Crippen molar-refractivity contribution >= 4 is 22.7 Å². The van der Waals surface area contributed by atoms with E-state index in [1.54, 1.807) is 12.1 Å². The molecule has 0 unspecified atom stereocenters. The summed E-state index contributed by atoms with van der Waals surface area (Å²) in [5.41, 5.74) is 7.38. The van der Waals surface area contributed by atoms with Crippen LogP contribution in [0.5, 0.6) is 0 Å². The summed E-state index contributed by atoms with van der Waals surface area (Å²) in [6, 6.07) is 10.2. The second-order valence-corrected chi connectivity index (χ2v) is 3.43. The highest BCUT2D eigenvalue weighted by atomic mass is 79.9. The van der Waals surface area contributed by atoms with E-state index >= 15 is 0 Å². The maximum Gasteiger partial charge on any atom is 0.173 e. The van der Waals surface area contributed by atoms with Crippen LogP contribution >= 0.6 is 17.0 Å². The minimum atomic E-state index is -0.207. The number of halogens is 2. The summed E-state index contributed by atoms with van der Waals surface area (Å²) < 4.78 is 14.6. The molecule has 2 nitrogen and oxygen atoms in total. The van der Waals surface area contributed by atoms with Gasteiger partial charge in [-0.2, -0.15) is 0 Å². The van der Waals surface area contributed by atoms with Gasteiger partial charge in [-0.3, -0.25) is 0 Å². The van der Waals surface area contributed by atoms with E-state index in [4.69, 9.17) is 5.73 Å². The summed E-state index contributed by atoms with van der Waals surface area (Å²) in [4.78, 5) is 0. The highest BCUT2D eigenvalue weighted by Gasteiger charge is 2.01. The van der Waals surface area contributed by atoms with Crippen molar-refractivity contribution in [3.63, 3.8) is 0 Å². The van der Waals surface area contributed by atoms with Crippen LogP contribution < -0.4 is 10.3 Å². The van der Waals surface area contributed by atoms with Gasteiger partial charge in [-0.05, 0) is 24.3 Å². The Hall–Kier alpha value is -1.42. The summed E-state index contributed by atoms with van der Waals surface area (Å²) in [6.45, 7) is 0.723. The molecular weight excluding hydrogens is 271 g/mol. The van der Waals surface area contributed by atoms with Crippen LogP contribution in [-0.4, -0.2) is 0 Å². The first-order valence-electron chi connectivity index (χ1n) is 4.73. The largest absolute Gasteiger partial charge is 0.398 e. The number of nitrogen functional groups attached to an aromatic ring is 1. The van der Waals surface area contributed by atoms with Gasteiger partial charge in [-0.15, -0.1) is 17.0 Å². The van der Waals surface area contributed by atoms with Gasteiger partial charge in [0.05, 0.1) is 0 Å². The Kier molecular flexibility index (Phi) is 4.43. The smallest absolute Gasteiger partial charge is 0.173 e. The third-order valence-electron chi connectivity index (χ3n) is 2.20. The maximum atomic E-state index is 12.7. The Bertz CT molecular complexity index is 396. The fourth-order valence-electron chi connectivity index (χ4n) is 1.37. The standard InChI is InChI=1S/C12H11FN2.BrH/c13-11-3-1-10(2-4-11)9-15-7-5-12(14)6-8-15;/h1-8,14H,9H2;1H/p+1. The molecule has 1 heterocycles. The molecule has 2 aromatic rings. The topological polar surface area (TPSA) is 29.9 Å². The predicted molar refractivity (Wildman–Crippen MR) is 66.9 cm³/mol. The van der Waals surface area contributed by atoms with Gasteiger partial charge in [0.15, 0.2) is 18.9 Å². The van der Waals surface area contributed by atoms with Gasteiger partial charge >= 0.3 is 0 Å². The van der Waals surface area contributed by atoms with Crippen LogP contribution in [0.4, 0.5) is 10.1 Å². The average molecular weight is 284 g/mol. The van der Waals surface area contributed by atoms with Crippen molar-refractivity contribution in [1.82, 2.24) is 0 Å². The minimum absolute atomic E-state index is 0. The molecule has 0 fully saturated rings. The first kappa shape index (κ1) is 12.6. The SMILES string of the molecule is Br.Nc1cc[n+](Cc2ccc(F)cc2)cc1. The molecule has 4 heteroatoms. The number of benzene rings is 1. The van der Waals surface area contributed by atoms with Gasteiger partial charge in [0.1, 0.15) is 5.82 Å². The zero-order valence-electron chi connectivity index (χ0n) is 8.64. The van der Waals surface area contributed by atoms with Gasteiger partial charge < -0.3 is 5.73 Å². The Morgan fingerprint density at radius 2 is 1.56 bits per heavy atom. The van der Waals surface area contributed by atoms with Crippen molar-refractivity contribution in [1.29, 1.82) is 0 Å². The normalized spacial score (nSPS) is 9.56. The summed E-state index contributed by atoms with van der Waals surface area (Å²) in [6.07, 6.45) is 3.80. The highest BCUT2D eigenvalue weighted by molar-refractivity contribution is 8.93. The zero-order chi connectivity index (χ0) is 10.7. The zero-order valence-corrected chi connectivity index (χ0v) is 10.3. The Labute approximate surface area is 104 Å². The number of nitrogens with zero attached hydrogens (tertiary/aromatic N) is 1. The van der Waals surface area contributed by atoms with Crippen LogP contribution in [0.25, 0.3) is 0 Å².